The molecule has 102 valence electrons. The first-order valence-electron chi connectivity index (χ1n) is 7.14. The molecule has 17 heavy (non-hydrogen) atoms. The Morgan fingerprint density at radius 3 is 1.47 bits per heavy atom. The molecular weight excluding hydrogens is 244 g/mol. The predicted molar refractivity (Wildman–Crippen MR) is 79.2 cm³/mol. The molecule has 0 fully saturated rings. The number of hydrogen-bond donors (Lipinski definition) is 0. The smallest absolute Gasteiger partial charge is 0.162 e. The molecule has 0 heterocycles. The van der Waals surface area contributed by atoms with Gasteiger partial charge in [-0.1, -0.05) is 39.8 Å². The van der Waals surface area contributed by atoms with Crippen molar-refractivity contribution in [2.75, 3.05) is 13.2 Å². The van der Waals surface area contributed by atoms with E-state index >= 15 is 0 Å². The Bertz CT molecular complexity index is 228. The summed E-state index contributed by atoms with van der Waals surface area (Å²) in [6.45, 7) is 14.9. The minimum absolute atomic E-state index is 0.219. The normalized spacial score (nSPS) is 11.6. The molecule has 0 unspecified atom stereocenters. The quantitative estimate of drug-likeness (QED) is 0.470. The van der Waals surface area contributed by atoms with Crippen LogP contribution in [0.2, 0.25) is 18.1 Å². The van der Waals surface area contributed by atoms with Gasteiger partial charge in [-0.05, 0) is 34.2 Å². The zero-order chi connectivity index (χ0) is 13.3. The molecule has 0 spiro atoms. The van der Waals surface area contributed by atoms with Gasteiger partial charge in [0, 0.05) is 13.2 Å². The van der Waals surface area contributed by atoms with Crippen molar-refractivity contribution in [3.05, 3.63) is 0 Å². The summed E-state index contributed by atoms with van der Waals surface area (Å²) in [7, 11) is -0.813. The average molecular weight is 275 g/mol. The van der Waals surface area contributed by atoms with Crippen molar-refractivity contribution in [3.8, 4) is 0 Å². The van der Waals surface area contributed by atoms with Crippen molar-refractivity contribution in [2.45, 2.75) is 71.5 Å². The van der Waals surface area contributed by atoms with Gasteiger partial charge in [-0.15, -0.1) is 0 Å². The summed E-state index contributed by atoms with van der Waals surface area (Å²) < 4.78 is 12.2. The van der Waals surface area contributed by atoms with Gasteiger partial charge in [-0.2, -0.15) is 0 Å². The predicted octanol–water partition coefficient (Wildman–Crippen LogP) is 3.83. The van der Waals surface area contributed by atoms with Gasteiger partial charge >= 0.3 is 0 Å². The van der Waals surface area contributed by atoms with E-state index in [9.17, 15) is 0 Å². The monoisotopic (exact) mass is 274 g/mol. The molecule has 0 rings (SSSR count). The Labute approximate surface area is 110 Å². The first-order valence-corrected chi connectivity index (χ1v) is 11.8. The molecule has 0 atom stereocenters. The Hall–Kier alpha value is 0.354. The van der Waals surface area contributed by atoms with Crippen LogP contribution < -0.4 is 0 Å². The molecule has 0 aromatic heterocycles. The maximum Gasteiger partial charge on any atom is 0.162 e. The standard InChI is InChI=1S/C13H30O2Si2/c1-7-13(14-8-2,15-9-3)17(12-6)16(10-4)11-5/h7-12H2,1-6H3. The molecule has 0 radical (unpaired) electrons. The lowest BCUT2D eigenvalue weighted by Crippen LogP contribution is -2.49. The van der Waals surface area contributed by atoms with Gasteiger partial charge in [0.05, 0.1) is 7.89 Å². The maximum atomic E-state index is 6.11. The van der Waals surface area contributed by atoms with Crippen LogP contribution in [-0.4, -0.2) is 34.4 Å². The van der Waals surface area contributed by atoms with E-state index in [1.54, 1.807) is 0 Å². The van der Waals surface area contributed by atoms with Gasteiger partial charge in [0.15, 0.2) is 5.41 Å². The van der Waals surface area contributed by atoms with E-state index in [2.05, 4.69) is 41.5 Å². The van der Waals surface area contributed by atoms with Crippen molar-refractivity contribution >= 4 is 15.8 Å². The molecule has 0 saturated carbocycles. The largest absolute Gasteiger partial charge is 0.351 e. The van der Waals surface area contributed by atoms with Crippen LogP contribution in [0.4, 0.5) is 0 Å². The van der Waals surface area contributed by atoms with E-state index in [1.807, 2.05) is 0 Å². The zero-order valence-corrected chi connectivity index (χ0v) is 14.6. The van der Waals surface area contributed by atoms with E-state index in [0.29, 0.717) is 0 Å². The van der Waals surface area contributed by atoms with E-state index < -0.39 is 7.89 Å². The molecule has 0 bridgehead atoms. The fourth-order valence-electron chi connectivity index (χ4n) is 2.57. The Kier molecular flexibility index (Phi) is 9.50. The van der Waals surface area contributed by atoms with Crippen LogP contribution in [0.25, 0.3) is 0 Å². The molecule has 2 nitrogen and oxygen atoms in total. The third kappa shape index (κ3) is 4.50. The van der Waals surface area contributed by atoms with Crippen molar-refractivity contribution < 1.29 is 9.47 Å². The molecule has 0 aliphatic heterocycles. The molecule has 0 saturated heterocycles. The Morgan fingerprint density at radius 2 is 1.24 bits per heavy atom. The lowest BCUT2D eigenvalue weighted by Gasteiger charge is -2.36. The fraction of sp³-hybridized carbons (Fsp3) is 1.00. The SMILES string of the molecule is CCOC(CC)(OCC)[Si](CC)=[Si](CC)CC. The summed E-state index contributed by atoms with van der Waals surface area (Å²) in [5, 5.41) is 0. The Morgan fingerprint density at radius 1 is 0.765 bits per heavy atom. The van der Waals surface area contributed by atoms with Crippen molar-refractivity contribution in [1.82, 2.24) is 0 Å². The third-order valence-corrected chi connectivity index (χ3v) is 15.0. The van der Waals surface area contributed by atoms with Gasteiger partial charge in [0.2, 0.25) is 0 Å². The number of ether oxygens (including phenoxy) is 2. The highest BCUT2D eigenvalue weighted by molar-refractivity contribution is 6.97. The first kappa shape index (κ1) is 17.4. The highest BCUT2D eigenvalue weighted by atomic mass is 28.9. The lowest BCUT2D eigenvalue weighted by atomic mass is 10.4. The van der Waals surface area contributed by atoms with Crippen LogP contribution in [0.15, 0.2) is 0 Å². The molecule has 0 N–H and O–H groups in total. The van der Waals surface area contributed by atoms with Gasteiger partial charge in [0.25, 0.3) is 0 Å². The molecule has 0 aliphatic rings. The van der Waals surface area contributed by atoms with E-state index in [0.717, 1.165) is 19.6 Å². The van der Waals surface area contributed by atoms with Crippen LogP contribution in [-0.2, 0) is 9.47 Å². The second kappa shape index (κ2) is 9.31. The lowest BCUT2D eigenvalue weighted by molar-refractivity contribution is -0.177. The summed E-state index contributed by atoms with van der Waals surface area (Å²) >= 11 is 0. The minimum Gasteiger partial charge on any atom is -0.351 e. The van der Waals surface area contributed by atoms with Crippen molar-refractivity contribution in [2.24, 2.45) is 0 Å². The number of rotatable bonds is 9. The van der Waals surface area contributed by atoms with Crippen LogP contribution in [0.3, 0.4) is 0 Å². The topological polar surface area (TPSA) is 18.5 Å². The van der Waals surface area contributed by atoms with Crippen LogP contribution in [0.5, 0.6) is 0 Å². The zero-order valence-electron chi connectivity index (χ0n) is 12.6. The highest BCUT2D eigenvalue weighted by Crippen LogP contribution is 2.22. The average Bonchev–Trinajstić information content (AvgIpc) is 2.35. The highest BCUT2D eigenvalue weighted by Gasteiger charge is 2.34. The summed E-state index contributed by atoms with van der Waals surface area (Å²) in [5.74, 6) is 0. The Balaban J connectivity index is 5.42. The molecular formula is C13H30O2Si2. The second-order valence-electron chi connectivity index (χ2n) is 4.12. The van der Waals surface area contributed by atoms with Crippen LogP contribution in [0, 0.1) is 0 Å². The van der Waals surface area contributed by atoms with Crippen molar-refractivity contribution in [3.63, 3.8) is 0 Å². The van der Waals surface area contributed by atoms with Gasteiger partial charge in [0.1, 0.15) is 0 Å². The van der Waals surface area contributed by atoms with E-state index in [1.165, 1.54) is 18.1 Å². The van der Waals surface area contributed by atoms with Gasteiger partial charge in [-0.3, -0.25) is 0 Å². The minimum atomic E-state index is -0.540. The third-order valence-electron chi connectivity index (χ3n) is 3.31. The number of hydrogen-bond acceptors (Lipinski definition) is 2. The molecule has 0 amide bonds. The fourth-order valence-corrected chi connectivity index (χ4v) is 13.2. The first-order chi connectivity index (χ1) is 8.15. The molecule has 0 aliphatic carbocycles. The molecule has 0 aromatic rings. The van der Waals surface area contributed by atoms with E-state index in [4.69, 9.17) is 9.47 Å². The van der Waals surface area contributed by atoms with Gasteiger partial charge in [-0.25, -0.2) is 0 Å². The summed E-state index contributed by atoms with van der Waals surface area (Å²) in [6.07, 6.45) is 1.00. The van der Waals surface area contributed by atoms with Crippen molar-refractivity contribution in [1.29, 1.82) is 0 Å². The molecule has 0 aromatic carbocycles. The maximum absolute atomic E-state index is 6.11. The summed E-state index contributed by atoms with van der Waals surface area (Å²) in [5.41, 5.74) is -0.219. The summed E-state index contributed by atoms with van der Waals surface area (Å²) in [6, 6.07) is 3.98. The molecule has 4 heteroatoms. The van der Waals surface area contributed by atoms with Crippen LogP contribution >= 0.6 is 0 Å². The summed E-state index contributed by atoms with van der Waals surface area (Å²) in [4.78, 5) is 0. The van der Waals surface area contributed by atoms with Crippen LogP contribution in [0.1, 0.15) is 48.0 Å². The van der Waals surface area contributed by atoms with E-state index in [-0.39, 0.29) is 13.3 Å². The second-order valence-corrected chi connectivity index (χ2v) is 13.1. The van der Waals surface area contributed by atoms with Gasteiger partial charge < -0.3 is 9.47 Å².